The second kappa shape index (κ2) is 5.41. The van der Waals surface area contributed by atoms with Gasteiger partial charge in [0.15, 0.2) is 0 Å². The average molecular weight is 269 g/mol. The molecule has 0 amide bonds. The third-order valence-corrected chi connectivity index (χ3v) is 2.85. The zero-order valence-electron chi connectivity index (χ0n) is 9.48. The van der Waals surface area contributed by atoms with Crippen molar-refractivity contribution >= 4 is 27.6 Å². The number of hydrogen-bond acceptors (Lipinski definition) is 4. The van der Waals surface area contributed by atoms with E-state index in [1.54, 1.807) is 6.07 Å². The summed E-state index contributed by atoms with van der Waals surface area (Å²) in [6, 6.07) is 5.77. The molecule has 0 saturated heterocycles. The molecule has 0 radical (unpaired) electrons. The summed E-state index contributed by atoms with van der Waals surface area (Å²) in [6.07, 6.45) is 1.11. The maximum absolute atomic E-state index is 11.4. The summed E-state index contributed by atoms with van der Waals surface area (Å²) in [5.41, 5.74) is 5.15. The Bertz CT molecular complexity index is 616. The van der Waals surface area contributed by atoms with Gasteiger partial charge in [0.2, 0.25) is 0 Å². The summed E-state index contributed by atoms with van der Waals surface area (Å²) in [6.45, 7) is 1.33. The Morgan fingerprint density at radius 1 is 1.44 bits per heavy atom. The minimum absolute atomic E-state index is 0.109. The van der Waals surface area contributed by atoms with Crippen molar-refractivity contribution in [3.8, 4) is 0 Å². The third-order valence-electron chi connectivity index (χ3n) is 1.82. The Balaban J connectivity index is 3.13. The molecule has 2 N–H and O–H groups in total. The van der Waals surface area contributed by atoms with Gasteiger partial charge in [-0.15, -0.1) is 4.40 Å². The highest BCUT2D eigenvalue weighted by Gasteiger charge is 2.10. The van der Waals surface area contributed by atoms with Gasteiger partial charge in [-0.1, -0.05) is 12.1 Å². The molecular formula is C10H11N3O4S. The van der Waals surface area contributed by atoms with Gasteiger partial charge in [-0.25, -0.2) is 0 Å². The summed E-state index contributed by atoms with van der Waals surface area (Å²) in [4.78, 5) is 10.1. The van der Waals surface area contributed by atoms with Gasteiger partial charge < -0.3 is 5.73 Å². The Kier molecular flexibility index (Phi) is 4.16. The lowest BCUT2D eigenvalue weighted by Crippen LogP contribution is -2.08. The molecule has 0 aliphatic heterocycles. The molecule has 1 aromatic rings. The lowest BCUT2D eigenvalue weighted by molar-refractivity contribution is -0.385. The van der Waals surface area contributed by atoms with E-state index in [1.165, 1.54) is 25.1 Å². The van der Waals surface area contributed by atoms with E-state index in [2.05, 4.69) is 4.40 Å². The molecule has 7 nitrogen and oxygen atoms in total. The van der Waals surface area contributed by atoms with Crippen molar-refractivity contribution in [3.63, 3.8) is 0 Å². The van der Waals surface area contributed by atoms with E-state index in [0.717, 1.165) is 11.5 Å². The maximum atomic E-state index is 11.4. The SMILES string of the molecule is CC(N)=NS(=O)(=O)/C=C/c1ccccc1[N+](=O)[O-]. The van der Waals surface area contributed by atoms with Gasteiger partial charge in [0.1, 0.15) is 5.84 Å². The monoisotopic (exact) mass is 269 g/mol. The van der Waals surface area contributed by atoms with E-state index < -0.39 is 14.9 Å². The van der Waals surface area contributed by atoms with Crippen LogP contribution in [0.1, 0.15) is 12.5 Å². The van der Waals surface area contributed by atoms with Gasteiger partial charge in [-0.2, -0.15) is 8.42 Å². The fourth-order valence-corrected chi connectivity index (χ4v) is 1.97. The summed E-state index contributed by atoms with van der Waals surface area (Å²) in [5, 5.41) is 11.5. The maximum Gasteiger partial charge on any atom is 0.277 e. The molecule has 1 aromatic carbocycles. The second-order valence-electron chi connectivity index (χ2n) is 3.37. The number of nitro groups is 1. The molecule has 8 heteroatoms. The van der Waals surface area contributed by atoms with Crippen molar-refractivity contribution < 1.29 is 13.3 Å². The van der Waals surface area contributed by atoms with E-state index in [-0.39, 0.29) is 17.1 Å². The van der Waals surface area contributed by atoms with Crippen LogP contribution in [0, 0.1) is 10.1 Å². The number of benzene rings is 1. The normalized spacial score (nSPS) is 12.8. The summed E-state index contributed by atoms with van der Waals surface area (Å²) >= 11 is 0. The molecule has 0 atom stereocenters. The number of sulfonamides is 1. The van der Waals surface area contributed by atoms with Crippen LogP contribution in [0.5, 0.6) is 0 Å². The average Bonchev–Trinajstić information content (AvgIpc) is 2.25. The van der Waals surface area contributed by atoms with Crippen LogP contribution in [0.15, 0.2) is 34.1 Å². The highest BCUT2D eigenvalue weighted by molar-refractivity contribution is 7.93. The topological polar surface area (TPSA) is 116 Å². The highest BCUT2D eigenvalue weighted by Crippen LogP contribution is 2.19. The van der Waals surface area contributed by atoms with Crippen molar-refractivity contribution in [2.24, 2.45) is 10.1 Å². The number of para-hydroxylation sites is 1. The predicted molar refractivity (Wildman–Crippen MR) is 68.3 cm³/mol. The largest absolute Gasteiger partial charge is 0.387 e. The van der Waals surface area contributed by atoms with Crippen LogP contribution in [0.3, 0.4) is 0 Å². The molecule has 1 rings (SSSR count). The van der Waals surface area contributed by atoms with Crippen LogP contribution in [0.25, 0.3) is 6.08 Å². The van der Waals surface area contributed by atoms with Crippen molar-refractivity contribution in [1.29, 1.82) is 0 Å². The Labute approximate surface area is 104 Å². The van der Waals surface area contributed by atoms with Gasteiger partial charge in [-0.3, -0.25) is 10.1 Å². The van der Waals surface area contributed by atoms with Gasteiger partial charge in [0.25, 0.3) is 15.7 Å². The lowest BCUT2D eigenvalue weighted by atomic mass is 10.2. The van der Waals surface area contributed by atoms with E-state index >= 15 is 0 Å². The van der Waals surface area contributed by atoms with Crippen LogP contribution < -0.4 is 5.73 Å². The van der Waals surface area contributed by atoms with Crippen molar-refractivity contribution in [2.45, 2.75) is 6.92 Å². The quantitative estimate of drug-likeness (QED) is 0.382. The zero-order valence-corrected chi connectivity index (χ0v) is 10.3. The van der Waals surface area contributed by atoms with E-state index in [1.807, 2.05) is 0 Å². The molecule has 0 heterocycles. The number of nitro benzene ring substituents is 1. The van der Waals surface area contributed by atoms with Crippen molar-refractivity contribution in [3.05, 3.63) is 45.4 Å². The smallest absolute Gasteiger partial charge is 0.277 e. The highest BCUT2D eigenvalue weighted by atomic mass is 32.2. The van der Waals surface area contributed by atoms with Gasteiger partial charge in [0.05, 0.1) is 15.9 Å². The van der Waals surface area contributed by atoms with Crippen LogP contribution in [0.2, 0.25) is 0 Å². The Morgan fingerprint density at radius 3 is 2.61 bits per heavy atom. The number of hydrogen-bond donors (Lipinski definition) is 1. The minimum Gasteiger partial charge on any atom is -0.387 e. The summed E-state index contributed by atoms with van der Waals surface area (Å²) in [5.74, 6) is -0.109. The first-order valence-corrected chi connectivity index (χ1v) is 6.31. The standard InChI is InChI=1S/C10H11N3O4S/c1-8(11)12-18(16,17)7-6-9-4-2-3-5-10(9)13(14)15/h2-7H,1H3,(H2,11,12)/b7-6+. The third kappa shape index (κ3) is 3.98. The van der Waals surface area contributed by atoms with Crippen LogP contribution in [-0.2, 0) is 10.0 Å². The number of nitrogens with zero attached hydrogens (tertiary/aromatic N) is 2. The van der Waals surface area contributed by atoms with Crippen LogP contribution in [-0.4, -0.2) is 19.2 Å². The van der Waals surface area contributed by atoms with Crippen LogP contribution in [0.4, 0.5) is 5.69 Å². The molecule has 0 aliphatic carbocycles. The summed E-state index contributed by atoms with van der Waals surface area (Å²) in [7, 11) is -3.86. The second-order valence-corrected chi connectivity index (χ2v) is 4.85. The molecule has 0 aromatic heterocycles. The molecule has 0 fully saturated rings. The molecule has 0 saturated carbocycles. The zero-order chi connectivity index (χ0) is 13.8. The van der Waals surface area contributed by atoms with Gasteiger partial charge >= 0.3 is 0 Å². The first-order valence-electron chi connectivity index (χ1n) is 4.80. The minimum atomic E-state index is -3.86. The van der Waals surface area contributed by atoms with Crippen molar-refractivity contribution in [2.75, 3.05) is 0 Å². The molecule has 0 aliphatic rings. The summed E-state index contributed by atoms with van der Waals surface area (Å²) < 4.78 is 26.0. The first kappa shape index (κ1) is 13.8. The molecule has 18 heavy (non-hydrogen) atoms. The molecule has 0 unspecified atom stereocenters. The Morgan fingerprint density at radius 2 is 2.06 bits per heavy atom. The van der Waals surface area contributed by atoms with E-state index in [4.69, 9.17) is 5.73 Å². The molecule has 0 spiro atoms. The van der Waals surface area contributed by atoms with Gasteiger partial charge in [0, 0.05) is 6.07 Å². The van der Waals surface area contributed by atoms with E-state index in [0.29, 0.717) is 0 Å². The Hall–Kier alpha value is -2.22. The lowest BCUT2D eigenvalue weighted by Gasteiger charge is -1.96. The molecular weight excluding hydrogens is 258 g/mol. The van der Waals surface area contributed by atoms with Crippen molar-refractivity contribution in [1.82, 2.24) is 0 Å². The fraction of sp³-hybridized carbons (Fsp3) is 0.100. The number of rotatable bonds is 4. The van der Waals surface area contributed by atoms with Gasteiger partial charge in [-0.05, 0) is 19.1 Å². The molecule has 96 valence electrons. The first-order chi connectivity index (χ1) is 8.32. The molecule has 0 bridgehead atoms. The number of nitrogens with two attached hydrogens (primary N) is 1. The fourth-order valence-electron chi connectivity index (χ4n) is 1.19. The number of amidine groups is 1. The predicted octanol–water partition coefficient (Wildman–Crippen LogP) is 1.27. The van der Waals surface area contributed by atoms with Crippen LogP contribution >= 0.6 is 0 Å². The van der Waals surface area contributed by atoms with E-state index in [9.17, 15) is 18.5 Å².